The van der Waals surface area contributed by atoms with Crippen molar-refractivity contribution in [2.24, 2.45) is 0 Å². The number of hydrogen-bond acceptors (Lipinski definition) is 4. The van der Waals surface area contributed by atoms with Crippen LogP contribution in [0.25, 0.3) is 0 Å². The van der Waals surface area contributed by atoms with Gasteiger partial charge < -0.3 is 15.1 Å². The van der Waals surface area contributed by atoms with Gasteiger partial charge >= 0.3 is 0 Å². The molecule has 2 amide bonds. The van der Waals surface area contributed by atoms with Crippen LogP contribution < -0.4 is 5.32 Å². The second-order valence-electron chi connectivity index (χ2n) is 6.50. The van der Waals surface area contributed by atoms with Crippen molar-refractivity contribution in [2.45, 2.75) is 19.5 Å². The first-order valence-corrected chi connectivity index (χ1v) is 8.35. The summed E-state index contributed by atoms with van der Waals surface area (Å²) in [5, 5.41) is 10.0. The van der Waals surface area contributed by atoms with Gasteiger partial charge in [0.25, 0.3) is 5.91 Å². The van der Waals surface area contributed by atoms with Gasteiger partial charge in [0.2, 0.25) is 5.91 Å². The molecule has 0 atom stereocenters. The molecule has 0 spiro atoms. The fourth-order valence-corrected chi connectivity index (χ4v) is 2.93. The Bertz CT molecular complexity index is 754. The monoisotopic (exact) mass is 341 g/mol. The van der Waals surface area contributed by atoms with E-state index >= 15 is 0 Å². The van der Waals surface area contributed by atoms with Crippen LogP contribution in [0.1, 0.15) is 27.3 Å². The molecule has 0 unspecified atom stereocenters. The van der Waals surface area contributed by atoms with E-state index in [4.69, 9.17) is 0 Å². The summed E-state index contributed by atoms with van der Waals surface area (Å²) < 4.78 is 0. The lowest BCUT2D eigenvalue weighted by Crippen LogP contribution is -2.41. The zero-order chi connectivity index (χ0) is 17.8. The molecule has 7 nitrogen and oxygen atoms in total. The summed E-state index contributed by atoms with van der Waals surface area (Å²) >= 11 is 0. The van der Waals surface area contributed by atoms with Gasteiger partial charge in [0, 0.05) is 37.3 Å². The standard InChI is InChI=1S/C18H23N5O2/c1-22(2)12-16(24)23-9-8-15-14(11-23)17(21-20-15)18(25)19-10-13-6-4-3-5-7-13/h3-7H,8-12H2,1-2H3,(H,19,25)(H,20,21). The summed E-state index contributed by atoms with van der Waals surface area (Å²) in [6.45, 7) is 1.88. The first kappa shape index (κ1) is 17.2. The molecule has 2 N–H and O–H groups in total. The first-order valence-electron chi connectivity index (χ1n) is 8.35. The Morgan fingerprint density at radius 3 is 2.76 bits per heavy atom. The Kier molecular flexibility index (Phi) is 5.14. The summed E-state index contributed by atoms with van der Waals surface area (Å²) in [7, 11) is 3.74. The largest absolute Gasteiger partial charge is 0.347 e. The third-order valence-electron chi connectivity index (χ3n) is 4.25. The number of aromatic amines is 1. The van der Waals surface area contributed by atoms with Gasteiger partial charge in [-0.3, -0.25) is 14.7 Å². The smallest absolute Gasteiger partial charge is 0.272 e. The quantitative estimate of drug-likeness (QED) is 0.842. The normalized spacial score (nSPS) is 13.6. The van der Waals surface area contributed by atoms with Gasteiger partial charge in [0.1, 0.15) is 0 Å². The van der Waals surface area contributed by atoms with Crippen LogP contribution in [-0.4, -0.2) is 59.0 Å². The van der Waals surface area contributed by atoms with E-state index in [2.05, 4.69) is 15.5 Å². The molecule has 1 aromatic carbocycles. The molecule has 132 valence electrons. The number of amides is 2. The number of H-pyrrole nitrogens is 1. The van der Waals surface area contributed by atoms with E-state index < -0.39 is 0 Å². The first-order chi connectivity index (χ1) is 12.0. The van der Waals surface area contributed by atoms with Gasteiger partial charge in [-0.05, 0) is 19.7 Å². The van der Waals surface area contributed by atoms with Crippen LogP contribution in [0, 0.1) is 0 Å². The number of benzene rings is 1. The highest BCUT2D eigenvalue weighted by Crippen LogP contribution is 2.20. The lowest BCUT2D eigenvalue weighted by molar-refractivity contribution is -0.132. The molecule has 0 aliphatic carbocycles. The van der Waals surface area contributed by atoms with Crippen molar-refractivity contribution in [2.75, 3.05) is 27.2 Å². The molecule has 0 saturated heterocycles. The van der Waals surface area contributed by atoms with Crippen molar-refractivity contribution < 1.29 is 9.59 Å². The summed E-state index contributed by atoms with van der Waals surface area (Å²) in [6.07, 6.45) is 0.688. The van der Waals surface area contributed by atoms with E-state index in [0.717, 1.165) is 16.8 Å². The Labute approximate surface area is 147 Å². The molecule has 0 bridgehead atoms. The minimum atomic E-state index is -0.219. The Balaban J connectivity index is 1.67. The molecular formula is C18H23N5O2. The highest BCUT2D eigenvalue weighted by molar-refractivity contribution is 5.94. The summed E-state index contributed by atoms with van der Waals surface area (Å²) in [6, 6.07) is 9.73. The predicted octanol–water partition coefficient (Wildman–Crippen LogP) is 0.786. The topological polar surface area (TPSA) is 81.3 Å². The van der Waals surface area contributed by atoms with Crippen molar-refractivity contribution in [3.05, 3.63) is 52.8 Å². The van der Waals surface area contributed by atoms with Gasteiger partial charge in [0.15, 0.2) is 5.69 Å². The van der Waals surface area contributed by atoms with E-state index in [9.17, 15) is 9.59 Å². The Morgan fingerprint density at radius 2 is 2.04 bits per heavy atom. The molecule has 7 heteroatoms. The molecule has 0 saturated carbocycles. The molecule has 0 fully saturated rings. The highest BCUT2D eigenvalue weighted by atomic mass is 16.2. The second-order valence-corrected chi connectivity index (χ2v) is 6.50. The van der Waals surface area contributed by atoms with Crippen LogP contribution in [0.3, 0.4) is 0 Å². The molecule has 0 radical (unpaired) electrons. The third-order valence-corrected chi connectivity index (χ3v) is 4.25. The van der Waals surface area contributed by atoms with Gasteiger partial charge in [-0.15, -0.1) is 0 Å². The van der Waals surface area contributed by atoms with Gasteiger partial charge in [-0.2, -0.15) is 5.10 Å². The van der Waals surface area contributed by atoms with Crippen LogP contribution >= 0.6 is 0 Å². The van der Waals surface area contributed by atoms with Crippen LogP contribution in [-0.2, 0) is 24.3 Å². The second kappa shape index (κ2) is 7.48. The molecule has 1 aliphatic rings. The zero-order valence-electron chi connectivity index (χ0n) is 14.6. The Hall–Kier alpha value is -2.67. The fourth-order valence-electron chi connectivity index (χ4n) is 2.93. The third kappa shape index (κ3) is 4.06. The van der Waals surface area contributed by atoms with Gasteiger partial charge in [0.05, 0.1) is 6.54 Å². The number of fused-ring (bicyclic) bond motifs is 1. The van der Waals surface area contributed by atoms with Crippen LogP contribution in [0.5, 0.6) is 0 Å². The van der Waals surface area contributed by atoms with Crippen LogP contribution in [0.2, 0.25) is 0 Å². The number of nitrogens with one attached hydrogen (secondary N) is 2. The molecule has 1 aliphatic heterocycles. The number of nitrogens with zero attached hydrogens (tertiary/aromatic N) is 3. The Morgan fingerprint density at radius 1 is 1.28 bits per heavy atom. The number of carbonyl (C=O) groups excluding carboxylic acids is 2. The van der Waals surface area contributed by atoms with E-state index in [1.807, 2.05) is 49.3 Å². The van der Waals surface area contributed by atoms with E-state index in [-0.39, 0.29) is 11.8 Å². The van der Waals surface area contributed by atoms with Gasteiger partial charge in [-0.1, -0.05) is 30.3 Å². The van der Waals surface area contributed by atoms with Crippen LogP contribution in [0.15, 0.2) is 30.3 Å². The molecule has 1 aromatic heterocycles. The lowest BCUT2D eigenvalue weighted by atomic mass is 10.0. The van der Waals surface area contributed by atoms with Crippen molar-refractivity contribution in [1.29, 1.82) is 0 Å². The number of rotatable bonds is 5. The maximum absolute atomic E-state index is 12.5. The number of aromatic nitrogens is 2. The van der Waals surface area contributed by atoms with Crippen molar-refractivity contribution >= 4 is 11.8 Å². The summed E-state index contributed by atoms with van der Waals surface area (Å²) in [5.74, 6) is -0.157. The zero-order valence-corrected chi connectivity index (χ0v) is 14.6. The predicted molar refractivity (Wildman–Crippen MR) is 93.9 cm³/mol. The minimum absolute atomic E-state index is 0.0625. The van der Waals surface area contributed by atoms with E-state index in [1.54, 1.807) is 4.90 Å². The molecule has 2 heterocycles. The van der Waals surface area contributed by atoms with Crippen molar-refractivity contribution in [1.82, 2.24) is 25.3 Å². The number of carbonyl (C=O) groups is 2. The van der Waals surface area contributed by atoms with Crippen molar-refractivity contribution in [3.8, 4) is 0 Å². The fraction of sp³-hybridized carbons (Fsp3) is 0.389. The highest BCUT2D eigenvalue weighted by Gasteiger charge is 2.27. The van der Waals surface area contributed by atoms with Crippen LogP contribution in [0.4, 0.5) is 0 Å². The number of likely N-dealkylation sites (N-methyl/N-ethyl adjacent to an activating group) is 1. The van der Waals surface area contributed by atoms with E-state index in [1.165, 1.54) is 0 Å². The van der Waals surface area contributed by atoms with E-state index in [0.29, 0.717) is 38.3 Å². The molecule has 25 heavy (non-hydrogen) atoms. The van der Waals surface area contributed by atoms with Gasteiger partial charge in [-0.25, -0.2) is 0 Å². The maximum atomic E-state index is 12.5. The lowest BCUT2D eigenvalue weighted by Gasteiger charge is -2.28. The SMILES string of the molecule is CN(C)CC(=O)N1CCc2[nH]nc(C(=O)NCc3ccccc3)c2C1. The molecular weight excluding hydrogens is 318 g/mol. The summed E-state index contributed by atoms with van der Waals surface area (Å²) in [4.78, 5) is 28.4. The average Bonchev–Trinajstić information content (AvgIpc) is 3.03. The number of hydrogen-bond donors (Lipinski definition) is 2. The summed E-state index contributed by atoms with van der Waals surface area (Å²) in [5.41, 5.74) is 3.18. The average molecular weight is 341 g/mol. The molecule has 2 aromatic rings. The molecule has 3 rings (SSSR count). The van der Waals surface area contributed by atoms with Crippen molar-refractivity contribution in [3.63, 3.8) is 0 Å². The minimum Gasteiger partial charge on any atom is -0.347 e. The maximum Gasteiger partial charge on any atom is 0.272 e.